The molecular weight excluding hydrogens is 469 g/mol. The van der Waals surface area contributed by atoms with Crippen LogP contribution in [0.2, 0.25) is 0 Å². The second-order valence-electron chi connectivity index (χ2n) is 8.00. The van der Waals surface area contributed by atoms with Crippen LogP contribution in [0, 0.1) is 17.6 Å². The number of halogens is 5. The van der Waals surface area contributed by atoms with Crippen molar-refractivity contribution in [3.05, 3.63) is 51.9 Å². The maximum Gasteiger partial charge on any atom is 0.417 e. The molecule has 2 N–H and O–H groups in total. The van der Waals surface area contributed by atoms with E-state index in [4.69, 9.17) is 14.6 Å². The number of nitrogens with one attached hydrogen (secondary N) is 1. The first-order valence-electron chi connectivity index (χ1n) is 10.1. The van der Waals surface area contributed by atoms with Gasteiger partial charge in [0.15, 0.2) is 17.2 Å². The van der Waals surface area contributed by atoms with Gasteiger partial charge in [-0.3, -0.25) is 9.59 Å². The minimum atomic E-state index is -4.92. The number of alkyl halides is 3. The second kappa shape index (κ2) is 9.29. The third-order valence-corrected chi connectivity index (χ3v) is 5.94. The topological polar surface area (TPSA) is 103 Å². The highest BCUT2D eigenvalue weighted by Crippen LogP contribution is 2.55. The van der Waals surface area contributed by atoms with Crippen LogP contribution in [0.1, 0.15) is 25.3 Å². The van der Waals surface area contributed by atoms with E-state index in [9.17, 15) is 31.5 Å². The van der Waals surface area contributed by atoms with E-state index >= 15 is 0 Å². The van der Waals surface area contributed by atoms with E-state index in [0.29, 0.717) is 6.07 Å². The Kier molecular flexibility index (Phi) is 6.99. The molecule has 0 saturated carbocycles. The summed E-state index contributed by atoms with van der Waals surface area (Å²) in [6.45, 7) is 0.877. The summed E-state index contributed by atoms with van der Waals surface area (Å²) in [5.41, 5.74) is -3.75. The summed E-state index contributed by atoms with van der Waals surface area (Å²) in [7, 11) is 1.36. The number of nitrogens with zero attached hydrogens (tertiary/aromatic N) is 2. The number of aliphatic hydroxyl groups is 1. The van der Waals surface area contributed by atoms with Crippen LogP contribution < -0.4 is 15.6 Å². The molecule has 1 fully saturated rings. The van der Waals surface area contributed by atoms with Crippen molar-refractivity contribution in [2.45, 2.75) is 37.6 Å². The number of anilines is 1. The summed E-state index contributed by atoms with van der Waals surface area (Å²) in [4.78, 5) is 24.8. The summed E-state index contributed by atoms with van der Waals surface area (Å²) in [5, 5.41) is 15.0. The largest absolute Gasteiger partial charge is 0.488 e. The van der Waals surface area contributed by atoms with Gasteiger partial charge in [-0.25, -0.2) is 9.07 Å². The van der Waals surface area contributed by atoms with Gasteiger partial charge in [-0.05, 0) is 13.0 Å². The van der Waals surface area contributed by atoms with Crippen LogP contribution >= 0.6 is 0 Å². The molecule has 186 valence electrons. The highest BCUT2D eigenvalue weighted by molar-refractivity contribution is 5.95. The quantitative estimate of drug-likeness (QED) is 0.603. The molecule has 0 radical (unpaired) electrons. The number of amides is 1. The Morgan fingerprint density at radius 1 is 1.35 bits per heavy atom. The van der Waals surface area contributed by atoms with Gasteiger partial charge in [0.2, 0.25) is 5.82 Å². The van der Waals surface area contributed by atoms with Crippen molar-refractivity contribution in [2.75, 3.05) is 18.5 Å². The van der Waals surface area contributed by atoms with Crippen molar-refractivity contribution in [2.24, 2.45) is 13.0 Å². The number of aliphatic hydroxyl groups excluding tert-OH is 1. The molecule has 4 atom stereocenters. The molecule has 8 nitrogen and oxygen atoms in total. The lowest BCUT2D eigenvalue weighted by atomic mass is 9.77. The molecular formula is C21H22F5N3O5. The molecule has 1 aromatic carbocycles. The van der Waals surface area contributed by atoms with Gasteiger partial charge < -0.3 is 19.9 Å². The molecule has 1 aromatic heterocycles. The van der Waals surface area contributed by atoms with Crippen LogP contribution in [-0.4, -0.2) is 51.9 Å². The number of aromatic nitrogens is 2. The SMILES string of the molecule is C[C@H]1[C@@H](c2ccc(F)c(F)c2OCCO)[C@H](C(=O)Nc2cnn(C)c(=O)c2)O[C@@]1(C)C(F)(F)F. The molecule has 13 heteroatoms. The summed E-state index contributed by atoms with van der Waals surface area (Å²) in [6.07, 6.45) is -5.63. The Morgan fingerprint density at radius 2 is 2.03 bits per heavy atom. The first kappa shape index (κ1) is 25.6. The van der Waals surface area contributed by atoms with Gasteiger partial charge in [-0.1, -0.05) is 13.0 Å². The fraction of sp³-hybridized carbons (Fsp3) is 0.476. The lowest BCUT2D eigenvalue weighted by Gasteiger charge is -2.32. The van der Waals surface area contributed by atoms with Gasteiger partial charge in [-0.2, -0.15) is 22.7 Å². The molecule has 0 aliphatic carbocycles. The number of carbonyl (C=O) groups is 1. The monoisotopic (exact) mass is 491 g/mol. The minimum Gasteiger partial charge on any atom is -0.488 e. The van der Waals surface area contributed by atoms with Gasteiger partial charge in [0.05, 0.1) is 18.5 Å². The summed E-state index contributed by atoms with van der Waals surface area (Å²) in [6, 6.07) is 2.72. The van der Waals surface area contributed by atoms with Gasteiger partial charge in [0.1, 0.15) is 12.7 Å². The van der Waals surface area contributed by atoms with Gasteiger partial charge in [0, 0.05) is 30.5 Å². The van der Waals surface area contributed by atoms with E-state index in [1.165, 1.54) is 14.0 Å². The Hall–Kier alpha value is -3.06. The summed E-state index contributed by atoms with van der Waals surface area (Å²) in [5.74, 6) is -7.48. The normalized spacial score (nSPS) is 24.8. The third kappa shape index (κ3) is 4.49. The number of benzene rings is 1. The zero-order valence-electron chi connectivity index (χ0n) is 18.3. The molecule has 2 aromatic rings. The maximum absolute atomic E-state index is 14.6. The molecule has 0 spiro atoms. The number of rotatable bonds is 6. The van der Waals surface area contributed by atoms with Crippen LogP contribution in [0.5, 0.6) is 5.75 Å². The second-order valence-corrected chi connectivity index (χ2v) is 8.00. The van der Waals surface area contributed by atoms with Gasteiger partial charge >= 0.3 is 6.18 Å². The Morgan fingerprint density at radius 3 is 2.62 bits per heavy atom. The zero-order chi connectivity index (χ0) is 25.4. The first-order valence-corrected chi connectivity index (χ1v) is 10.1. The van der Waals surface area contributed by atoms with Crippen LogP contribution in [0.4, 0.5) is 27.6 Å². The molecule has 0 bridgehead atoms. The number of hydrogen-bond acceptors (Lipinski definition) is 6. The molecule has 0 unspecified atom stereocenters. The molecule has 1 aliphatic rings. The number of aryl methyl sites for hydroxylation is 1. The standard InChI is InChI=1S/C21H22F5N3O5/c1-10-15(12-4-5-13(22)16(23)17(12)33-7-6-30)18(34-20(10,2)21(24,25)26)19(32)28-11-8-14(31)29(3)27-9-11/h4-5,8-10,15,18,30H,6-7H2,1-3H3,(H,28,32)/t10-,15-,18+,20+/m0/s1. The zero-order valence-corrected chi connectivity index (χ0v) is 18.3. The number of carbonyl (C=O) groups excluding carboxylic acids is 1. The van der Waals surface area contributed by atoms with Crippen molar-refractivity contribution in [1.29, 1.82) is 0 Å². The van der Waals surface area contributed by atoms with Crippen molar-refractivity contribution >= 4 is 11.6 Å². The van der Waals surface area contributed by atoms with E-state index in [0.717, 1.165) is 29.9 Å². The van der Waals surface area contributed by atoms with E-state index in [-0.39, 0.29) is 11.3 Å². The number of hydrogen-bond donors (Lipinski definition) is 2. The molecule has 1 aliphatic heterocycles. The fourth-order valence-corrected chi connectivity index (χ4v) is 3.88. The lowest BCUT2D eigenvalue weighted by Crippen LogP contribution is -2.47. The summed E-state index contributed by atoms with van der Waals surface area (Å²) >= 11 is 0. The van der Waals surface area contributed by atoms with Crippen molar-refractivity contribution in [3.8, 4) is 5.75 Å². The smallest absolute Gasteiger partial charge is 0.417 e. The molecule has 34 heavy (non-hydrogen) atoms. The maximum atomic E-state index is 14.6. The van der Waals surface area contributed by atoms with Crippen LogP contribution in [-0.2, 0) is 16.6 Å². The molecule has 2 heterocycles. The average molecular weight is 491 g/mol. The first-order chi connectivity index (χ1) is 15.8. The molecule has 3 rings (SSSR count). The van der Waals surface area contributed by atoms with Crippen molar-refractivity contribution < 1.29 is 41.3 Å². The van der Waals surface area contributed by atoms with E-state index in [1.54, 1.807) is 0 Å². The fourth-order valence-electron chi connectivity index (χ4n) is 3.88. The van der Waals surface area contributed by atoms with Gasteiger partial charge in [-0.15, -0.1) is 0 Å². The van der Waals surface area contributed by atoms with Crippen LogP contribution in [0.15, 0.2) is 29.2 Å². The lowest BCUT2D eigenvalue weighted by molar-refractivity contribution is -0.272. The van der Waals surface area contributed by atoms with Crippen molar-refractivity contribution in [1.82, 2.24) is 9.78 Å². The van der Waals surface area contributed by atoms with Crippen LogP contribution in [0.3, 0.4) is 0 Å². The Bertz CT molecular complexity index is 1140. The van der Waals surface area contributed by atoms with Crippen LogP contribution in [0.25, 0.3) is 0 Å². The summed E-state index contributed by atoms with van der Waals surface area (Å²) < 4.78 is 81.7. The highest BCUT2D eigenvalue weighted by Gasteiger charge is 2.65. The molecule has 1 saturated heterocycles. The van der Waals surface area contributed by atoms with Gasteiger partial charge in [0.25, 0.3) is 11.5 Å². The Labute approximate surface area is 190 Å². The van der Waals surface area contributed by atoms with Crippen molar-refractivity contribution in [3.63, 3.8) is 0 Å². The highest BCUT2D eigenvalue weighted by atomic mass is 19.4. The number of ether oxygens (including phenoxy) is 2. The predicted octanol–water partition coefficient (Wildman–Crippen LogP) is 2.51. The van der Waals surface area contributed by atoms with E-state index in [1.807, 2.05) is 0 Å². The molecule has 1 amide bonds. The van der Waals surface area contributed by atoms with E-state index < -0.39 is 71.8 Å². The average Bonchev–Trinajstić information content (AvgIpc) is 3.04. The van der Waals surface area contributed by atoms with E-state index in [2.05, 4.69) is 10.4 Å². The third-order valence-electron chi connectivity index (χ3n) is 5.94. The Balaban J connectivity index is 2.10. The predicted molar refractivity (Wildman–Crippen MR) is 108 cm³/mol. The minimum absolute atomic E-state index is 0.0919.